The number of allylic oxidation sites excluding steroid dienone is 2. The second-order valence-electron chi connectivity index (χ2n) is 10.9. The highest BCUT2D eigenvalue weighted by Gasteiger charge is 2.25. The molecule has 0 bridgehead atoms. The molecule has 35 heavy (non-hydrogen) atoms. The van der Waals surface area contributed by atoms with E-state index in [9.17, 15) is 9.59 Å². The van der Waals surface area contributed by atoms with Gasteiger partial charge in [-0.3, -0.25) is 9.59 Å². The van der Waals surface area contributed by atoms with Gasteiger partial charge in [-0.25, -0.2) is 0 Å². The maximum Gasteiger partial charge on any atom is 0.293 e. The molecule has 0 aromatic heterocycles. The van der Waals surface area contributed by atoms with Crippen molar-refractivity contribution >= 4 is 18.5 Å². The molecule has 1 aromatic carbocycles. The van der Waals surface area contributed by atoms with Gasteiger partial charge in [0.2, 0.25) is 0 Å². The summed E-state index contributed by atoms with van der Waals surface area (Å²) in [6.07, 6.45) is 20.4. The molecule has 0 heterocycles. The predicted octanol–water partition coefficient (Wildman–Crippen LogP) is 7.86. The van der Waals surface area contributed by atoms with Gasteiger partial charge >= 0.3 is 0 Å². The molecule has 0 spiro atoms. The van der Waals surface area contributed by atoms with Gasteiger partial charge in [-0.2, -0.15) is 0 Å². The number of carbonyl (C=O) groups excluding carboxylic acids is 2. The second kappa shape index (κ2) is 15.8. The molecular weight excluding hydrogens is 436 g/mol. The minimum Gasteiger partial charge on any atom is -0.467 e. The van der Waals surface area contributed by atoms with Crippen LogP contribution in [-0.2, 0) is 19.1 Å². The first-order valence-corrected chi connectivity index (χ1v) is 14.1. The van der Waals surface area contributed by atoms with Crippen molar-refractivity contribution in [3.05, 3.63) is 41.5 Å². The zero-order chi connectivity index (χ0) is 24.7. The highest BCUT2D eigenvalue weighted by Crippen LogP contribution is 2.39. The first kappa shape index (κ1) is 27.5. The van der Waals surface area contributed by atoms with Crippen molar-refractivity contribution in [2.24, 2.45) is 17.8 Å². The summed E-state index contributed by atoms with van der Waals surface area (Å²) in [7, 11) is 0. The van der Waals surface area contributed by atoms with E-state index in [1.165, 1.54) is 94.6 Å². The van der Waals surface area contributed by atoms with Crippen LogP contribution in [0, 0.1) is 17.8 Å². The minimum atomic E-state index is 0.0932. The summed E-state index contributed by atoms with van der Waals surface area (Å²) in [6.45, 7) is 3.90. The molecule has 1 aromatic rings. The van der Waals surface area contributed by atoms with Crippen LogP contribution in [0.5, 0.6) is 0 Å². The Hall–Kier alpha value is -2.10. The van der Waals surface area contributed by atoms with E-state index in [0.29, 0.717) is 38.0 Å². The SMILES string of the molecule is CCCCCCCC1CC=C(c2ccc(C3CCC(CC(COC=O)COC=O)CC3)cc2)CC1. The van der Waals surface area contributed by atoms with Crippen LogP contribution >= 0.6 is 0 Å². The smallest absolute Gasteiger partial charge is 0.293 e. The molecule has 2 aliphatic carbocycles. The lowest BCUT2D eigenvalue weighted by molar-refractivity contribution is -0.133. The lowest BCUT2D eigenvalue weighted by Gasteiger charge is -2.31. The zero-order valence-electron chi connectivity index (χ0n) is 21.8. The molecule has 4 heteroatoms. The van der Waals surface area contributed by atoms with Crippen LogP contribution in [0.3, 0.4) is 0 Å². The lowest BCUT2D eigenvalue weighted by Crippen LogP contribution is -2.22. The van der Waals surface area contributed by atoms with Gasteiger partial charge in [0.25, 0.3) is 12.9 Å². The van der Waals surface area contributed by atoms with Gasteiger partial charge in [0.05, 0.1) is 13.2 Å². The Morgan fingerprint density at radius 3 is 2.14 bits per heavy atom. The maximum atomic E-state index is 10.5. The highest BCUT2D eigenvalue weighted by molar-refractivity contribution is 5.66. The van der Waals surface area contributed by atoms with Crippen molar-refractivity contribution in [1.29, 1.82) is 0 Å². The first-order chi connectivity index (χ1) is 17.2. The zero-order valence-corrected chi connectivity index (χ0v) is 21.8. The van der Waals surface area contributed by atoms with Gasteiger partial charge in [0, 0.05) is 5.92 Å². The van der Waals surface area contributed by atoms with Crippen LogP contribution in [0.25, 0.3) is 5.57 Å². The summed E-state index contributed by atoms with van der Waals surface area (Å²) in [5, 5.41) is 0. The summed E-state index contributed by atoms with van der Waals surface area (Å²) < 4.78 is 9.88. The van der Waals surface area contributed by atoms with Gasteiger partial charge in [-0.15, -0.1) is 0 Å². The van der Waals surface area contributed by atoms with E-state index in [1.54, 1.807) is 5.57 Å². The Morgan fingerprint density at radius 1 is 0.857 bits per heavy atom. The number of unbranched alkanes of at least 4 members (excludes halogenated alkanes) is 4. The van der Waals surface area contributed by atoms with E-state index >= 15 is 0 Å². The van der Waals surface area contributed by atoms with Crippen LogP contribution in [0.2, 0.25) is 0 Å². The molecule has 0 radical (unpaired) electrons. The van der Waals surface area contributed by atoms with Crippen LogP contribution in [-0.4, -0.2) is 26.2 Å². The Labute approximate surface area is 212 Å². The predicted molar refractivity (Wildman–Crippen MR) is 142 cm³/mol. The first-order valence-electron chi connectivity index (χ1n) is 14.1. The lowest BCUT2D eigenvalue weighted by atomic mass is 9.75. The van der Waals surface area contributed by atoms with E-state index < -0.39 is 0 Å². The van der Waals surface area contributed by atoms with Crippen molar-refractivity contribution in [3.8, 4) is 0 Å². The third-order valence-corrected chi connectivity index (χ3v) is 8.30. The van der Waals surface area contributed by atoms with E-state index in [1.807, 2.05) is 0 Å². The van der Waals surface area contributed by atoms with Crippen molar-refractivity contribution in [2.75, 3.05) is 13.2 Å². The Kier molecular flexibility index (Phi) is 12.4. The fourth-order valence-electron chi connectivity index (χ4n) is 6.16. The molecule has 0 amide bonds. The molecule has 0 N–H and O–H groups in total. The molecule has 1 fully saturated rings. The quantitative estimate of drug-likeness (QED) is 0.178. The molecule has 1 saturated carbocycles. The molecular formula is C31H46O4. The molecule has 1 unspecified atom stereocenters. The Bertz CT molecular complexity index is 749. The van der Waals surface area contributed by atoms with Crippen LogP contribution in [0.4, 0.5) is 0 Å². The molecule has 4 nitrogen and oxygen atoms in total. The normalized spacial score (nSPS) is 22.5. The Balaban J connectivity index is 1.42. The number of hydrogen-bond donors (Lipinski definition) is 0. The topological polar surface area (TPSA) is 52.6 Å². The average Bonchev–Trinajstić information content (AvgIpc) is 2.91. The Morgan fingerprint density at radius 2 is 1.54 bits per heavy atom. The summed E-state index contributed by atoms with van der Waals surface area (Å²) in [4.78, 5) is 21.1. The molecule has 2 aliphatic rings. The van der Waals surface area contributed by atoms with Crippen LogP contribution in [0.15, 0.2) is 30.3 Å². The molecule has 3 rings (SSSR count). The summed E-state index contributed by atoms with van der Waals surface area (Å²) in [5.74, 6) is 2.22. The van der Waals surface area contributed by atoms with Gasteiger partial charge in [-0.05, 0) is 85.8 Å². The molecule has 0 saturated heterocycles. The van der Waals surface area contributed by atoms with Gasteiger partial charge < -0.3 is 9.47 Å². The van der Waals surface area contributed by atoms with E-state index in [-0.39, 0.29) is 5.92 Å². The fraction of sp³-hybridized carbons (Fsp3) is 0.677. The second-order valence-corrected chi connectivity index (χ2v) is 10.9. The number of ether oxygens (including phenoxy) is 2. The standard InChI is InChI=1S/C31H46O4/c1-2-3-4-5-6-7-25-8-12-28(13-9-25)30-16-18-31(19-17-30)29-14-10-26(11-15-29)20-27(21-34-23-32)22-35-24-33/h12,16-19,23-27,29H,2-11,13-15,20-22H2,1H3. The number of hydrogen-bond acceptors (Lipinski definition) is 4. The van der Waals surface area contributed by atoms with Crippen LogP contribution in [0.1, 0.15) is 114 Å². The average molecular weight is 483 g/mol. The van der Waals surface area contributed by atoms with Crippen LogP contribution < -0.4 is 0 Å². The number of rotatable bonds is 16. The summed E-state index contributed by atoms with van der Waals surface area (Å²) in [5.41, 5.74) is 4.43. The molecule has 0 aliphatic heterocycles. The van der Waals surface area contributed by atoms with E-state index in [2.05, 4.69) is 37.3 Å². The fourth-order valence-corrected chi connectivity index (χ4v) is 6.16. The number of benzene rings is 1. The van der Waals surface area contributed by atoms with Crippen molar-refractivity contribution < 1.29 is 19.1 Å². The third-order valence-electron chi connectivity index (χ3n) is 8.30. The molecule has 194 valence electrons. The largest absolute Gasteiger partial charge is 0.467 e. The molecule has 1 atom stereocenters. The maximum absolute atomic E-state index is 10.5. The van der Waals surface area contributed by atoms with Gasteiger partial charge in [-0.1, -0.05) is 75.8 Å². The summed E-state index contributed by atoms with van der Waals surface area (Å²) in [6, 6.07) is 9.42. The van der Waals surface area contributed by atoms with Crippen molar-refractivity contribution in [1.82, 2.24) is 0 Å². The van der Waals surface area contributed by atoms with Gasteiger partial charge in [0.1, 0.15) is 0 Å². The van der Waals surface area contributed by atoms with E-state index in [0.717, 1.165) is 12.3 Å². The minimum absolute atomic E-state index is 0.0932. The summed E-state index contributed by atoms with van der Waals surface area (Å²) >= 11 is 0. The van der Waals surface area contributed by atoms with E-state index in [4.69, 9.17) is 9.47 Å². The highest BCUT2D eigenvalue weighted by atomic mass is 16.5. The third kappa shape index (κ3) is 9.46. The monoisotopic (exact) mass is 482 g/mol. The van der Waals surface area contributed by atoms with Crippen molar-refractivity contribution in [2.45, 2.75) is 103 Å². The number of carbonyl (C=O) groups is 2. The van der Waals surface area contributed by atoms with Gasteiger partial charge in [0.15, 0.2) is 0 Å². The van der Waals surface area contributed by atoms with Crippen molar-refractivity contribution in [3.63, 3.8) is 0 Å².